The van der Waals surface area contributed by atoms with Crippen LogP contribution in [0.5, 0.6) is 0 Å². The van der Waals surface area contributed by atoms with E-state index in [1.807, 2.05) is 18.2 Å². The van der Waals surface area contributed by atoms with Crippen LogP contribution in [0.2, 0.25) is 0 Å². The minimum absolute atomic E-state index is 1.20. The van der Waals surface area contributed by atoms with Crippen LogP contribution in [-0.2, 0) is 4.74 Å². The minimum atomic E-state index is -2.90. The quantitative estimate of drug-likeness (QED) is 0.616. The zero-order chi connectivity index (χ0) is 16.9. The Kier molecular flexibility index (Phi) is 4.76. The van der Waals surface area contributed by atoms with Crippen molar-refractivity contribution in [3.63, 3.8) is 0 Å². The van der Waals surface area contributed by atoms with Crippen LogP contribution in [0, 0.1) is 0 Å². The standard InChI is InChI=1S/C19H18ClP.C2H2O/c1-21(20,17-11-5-2-6-12-17,18-13-7-3-8-14-18)19-15-9-4-10-16-19;1-2-3-1/h2-16H,1H3;1-2H. The summed E-state index contributed by atoms with van der Waals surface area (Å²) in [7, 11) is 0. The van der Waals surface area contributed by atoms with Crippen molar-refractivity contribution in [1.29, 1.82) is 0 Å². The first-order chi connectivity index (χ1) is 11.6. The Morgan fingerprint density at radius 1 is 0.583 bits per heavy atom. The number of hydrogen-bond acceptors (Lipinski definition) is 1. The first-order valence-corrected chi connectivity index (χ1v) is 11.4. The first kappa shape index (κ1) is 16.8. The van der Waals surface area contributed by atoms with Crippen LogP contribution < -0.4 is 15.9 Å². The van der Waals surface area contributed by atoms with Gasteiger partial charge in [-0.25, -0.2) is 0 Å². The van der Waals surface area contributed by atoms with Gasteiger partial charge in [0, 0.05) is 0 Å². The molecule has 24 heavy (non-hydrogen) atoms. The normalized spacial score (nSPS) is 13.7. The summed E-state index contributed by atoms with van der Waals surface area (Å²) in [5.74, 6) is -2.90. The molecular formula is C21H20ClOP. The third-order valence-electron chi connectivity index (χ3n) is 4.25. The van der Waals surface area contributed by atoms with Gasteiger partial charge in [-0.15, -0.1) is 0 Å². The van der Waals surface area contributed by atoms with Crippen molar-refractivity contribution in [3.8, 4) is 0 Å². The Bertz CT molecular complexity index is 707. The molecule has 1 aliphatic rings. The molecule has 0 saturated heterocycles. The molecule has 3 aromatic carbocycles. The molecular weight excluding hydrogens is 335 g/mol. The fraction of sp³-hybridized carbons (Fsp3) is 0.0476. The Labute approximate surface area is 148 Å². The molecule has 0 aliphatic carbocycles. The summed E-state index contributed by atoms with van der Waals surface area (Å²) in [6.07, 6.45) is 3.25. The Morgan fingerprint density at radius 2 is 0.833 bits per heavy atom. The topological polar surface area (TPSA) is 12.5 Å². The first-order valence-electron chi connectivity index (χ1n) is 7.82. The van der Waals surface area contributed by atoms with E-state index < -0.39 is 5.96 Å². The van der Waals surface area contributed by atoms with Crippen LogP contribution >= 0.6 is 17.2 Å². The van der Waals surface area contributed by atoms with Gasteiger partial charge in [-0.1, -0.05) is 0 Å². The van der Waals surface area contributed by atoms with Crippen LogP contribution in [0.3, 0.4) is 0 Å². The fourth-order valence-corrected chi connectivity index (χ4v) is 7.35. The van der Waals surface area contributed by atoms with Crippen LogP contribution in [0.4, 0.5) is 0 Å². The third-order valence-corrected chi connectivity index (χ3v) is 10.6. The van der Waals surface area contributed by atoms with Crippen molar-refractivity contribution in [2.75, 3.05) is 6.66 Å². The predicted molar refractivity (Wildman–Crippen MR) is 107 cm³/mol. The molecule has 0 amide bonds. The Morgan fingerprint density at radius 3 is 1.04 bits per heavy atom. The number of benzene rings is 3. The molecule has 0 N–H and O–H groups in total. The number of rotatable bonds is 3. The van der Waals surface area contributed by atoms with Gasteiger partial charge >= 0.3 is 131 Å². The molecule has 0 radical (unpaired) electrons. The zero-order valence-electron chi connectivity index (χ0n) is 13.5. The third kappa shape index (κ3) is 3.24. The monoisotopic (exact) mass is 354 g/mol. The number of hydrogen-bond donors (Lipinski definition) is 0. The summed E-state index contributed by atoms with van der Waals surface area (Å²) in [5.41, 5.74) is 0. The molecule has 1 heterocycles. The second kappa shape index (κ2) is 6.81. The van der Waals surface area contributed by atoms with Crippen molar-refractivity contribution < 1.29 is 4.74 Å². The van der Waals surface area contributed by atoms with Crippen LogP contribution in [-0.4, -0.2) is 6.66 Å². The Balaban J connectivity index is 0.000000508. The summed E-state index contributed by atoms with van der Waals surface area (Å²) in [6.45, 7) is 2.22. The molecule has 0 spiro atoms. The van der Waals surface area contributed by atoms with E-state index in [9.17, 15) is 0 Å². The van der Waals surface area contributed by atoms with Crippen molar-refractivity contribution in [2.45, 2.75) is 0 Å². The molecule has 0 aromatic heterocycles. The van der Waals surface area contributed by atoms with Gasteiger partial charge in [-0.05, 0) is 0 Å². The Hall–Kier alpha value is -2.08. The van der Waals surface area contributed by atoms with E-state index in [-0.39, 0.29) is 0 Å². The summed E-state index contributed by atoms with van der Waals surface area (Å²) in [6, 6.07) is 31.4. The van der Waals surface area contributed by atoms with E-state index in [4.69, 9.17) is 11.2 Å². The SMILES string of the molecule is C1=CO1.CP(Cl)(c1ccccc1)(c1ccccc1)c1ccccc1. The van der Waals surface area contributed by atoms with Gasteiger partial charge in [0.05, 0.1) is 0 Å². The van der Waals surface area contributed by atoms with E-state index >= 15 is 0 Å². The van der Waals surface area contributed by atoms with E-state index in [1.165, 1.54) is 15.9 Å². The maximum absolute atomic E-state index is 7.50. The van der Waals surface area contributed by atoms with Crippen LogP contribution in [0.1, 0.15) is 0 Å². The van der Waals surface area contributed by atoms with Crippen LogP contribution in [0.25, 0.3) is 0 Å². The molecule has 0 bridgehead atoms. The molecule has 0 unspecified atom stereocenters. The van der Waals surface area contributed by atoms with Crippen molar-refractivity contribution in [2.24, 2.45) is 0 Å². The molecule has 3 heteroatoms. The van der Waals surface area contributed by atoms with E-state index in [0.29, 0.717) is 0 Å². The van der Waals surface area contributed by atoms with Gasteiger partial charge in [0.25, 0.3) is 0 Å². The van der Waals surface area contributed by atoms with Crippen molar-refractivity contribution in [3.05, 3.63) is 104 Å². The summed E-state index contributed by atoms with van der Waals surface area (Å²) >= 11 is 7.50. The average molecular weight is 355 g/mol. The molecule has 0 fully saturated rings. The van der Waals surface area contributed by atoms with E-state index in [2.05, 4.69) is 84.2 Å². The zero-order valence-corrected chi connectivity index (χ0v) is 15.2. The molecule has 4 rings (SSSR count). The van der Waals surface area contributed by atoms with Gasteiger partial charge in [0.2, 0.25) is 0 Å². The molecule has 122 valence electrons. The fourth-order valence-electron chi connectivity index (χ4n) is 2.79. The van der Waals surface area contributed by atoms with Gasteiger partial charge in [0.15, 0.2) is 0 Å². The predicted octanol–water partition coefficient (Wildman–Crippen LogP) is 4.79. The second-order valence-electron chi connectivity index (χ2n) is 5.84. The molecule has 3 aromatic rings. The van der Waals surface area contributed by atoms with Crippen molar-refractivity contribution in [1.82, 2.24) is 0 Å². The van der Waals surface area contributed by atoms with Gasteiger partial charge in [-0.3, -0.25) is 0 Å². The van der Waals surface area contributed by atoms with Gasteiger partial charge < -0.3 is 4.74 Å². The van der Waals surface area contributed by atoms with Gasteiger partial charge in [-0.2, -0.15) is 0 Å². The summed E-state index contributed by atoms with van der Waals surface area (Å²) < 4.78 is 4.25. The van der Waals surface area contributed by atoms with Crippen molar-refractivity contribution >= 4 is 33.1 Å². The number of halogens is 1. The van der Waals surface area contributed by atoms with E-state index in [1.54, 1.807) is 12.5 Å². The molecule has 1 aliphatic heterocycles. The van der Waals surface area contributed by atoms with E-state index in [0.717, 1.165) is 0 Å². The van der Waals surface area contributed by atoms with Gasteiger partial charge in [0.1, 0.15) is 12.5 Å². The second-order valence-corrected chi connectivity index (χ2v) is 12.8. The maximum atomic E-state index is 7.50. The number of ether oxygens (including phenoxy) is 1. The molecule has 0 saturated carbocycles. The molecule has 1 nitrogen and oxygen atoms in total. The average Bonchev–Trinajstić information content (AvgIpc) is 3.53. The summed E-state index contributed by atoms with van der Waals surface area (Å²) in [4.78, 5) is 0. The van der Waals surface area contributed by atoms with Crippen LogP contribution in [0.15, 0.2) is 104 Å². The molecule has 0 atom stereocenters. The summed E-state index contributed by atoms with van der Waals surface area (Å²) in [5, 5.41) is 3.59.